The lowest BCUT2D eigenvalue weighted by molar-refractivity contribution is 0.0896. The van der Waals surface area contributed by atoms with E-state index in [-0.39, 0.29) is 12.8 Å². The van der Waals surface area contributed by atoms with Crippen molar-refractivity contribution in [3.05, 3.63) is 18.2 Å². The molecule has 1 aliphatic rings. The molecule has 5 heteroatoms. The molecule has 1 heterocycles. The molecule has 0 saturated heterocycles. The zero-order valence-electron chi connectivity index (χ0n) is 10.6. The third-order valence-electron chi connectivity index (χ3n) is 2.70. The first-order valence-corrected chi connectivity index (χ1v) is 6.15. The second-order valence-electron chi connectivity index (χ2n) is 4.11. The summed E-state index contributed by atoms with van der Waals surface area (Å²) in [6.07, 6.45) is 0.920. The molecule has 0 amide bonds. The van der Waals surface area contributed by atoms with Gasteiger partial charge in [0.25, 0.3) is 0 Å². The molecule has 100 valence electrons. The number of nitrogens with two attached hydrogens (primary N) is 1. The number of hydrogen-bond donors (Lipinski definition) is 1. The highest BCUT2D eigenvalue weighted by Crippen LogP contribution is 2.34. The first-order chi connectivity index (χ1) is 8.79. The van der Waals surface area contributed by atoms with Crippen LogP contribution in [0.4, 0.5) is 0 Å². The van der Waals surface area contributed by atoms with Crippen LogP contribution in [-0.4, -0.2) is 32.7 Å². The fourth-order valence-electron chi connectivity index (χ4n) is 1.54. The van der Waals surface area contributed by atoms with Crippen LogP contribution in [-0.2, 0) is 4.74 Å². The van der Waals surface area contributed by atoms with E-state index in [1.54, 1.807) is 0 Å². The Morgan fingerprint density at radius 2 is 2.11 bits per heavy atom. The van der Waals surface area contributed by atoms with Gasteiger partial charge in [0.1, 0.15) is 12.4 Å². The van der Waals surface area contributed by atoms with E-state index in [0.717, 1.165) is 23.7 Å². The summed E-state index contributed by atoms with van der Waals surface area (Å²) in [6.45, 7) is 3.91. The molecule has 0 aromatic heterocycles. The van der Waals surface area contributed by atoms with Crippen LogP contribution in [0.3, 0.4) is 0 Å². The minimum atomic E-state index is 0.107. The van der Waals surface area contributed by atoms with Crippen molar-refractivity contribution >= 4 is 0 Å². The maximum absolute atomic E-state index is 5.73. The lowest BCUT2D eigenvalue weighted by atomic mass is 10.3. The summed E-state index contributed by atoms with van der Waals surface area (Å²) in [4.78, 5) is 0. The van der Waals surface area contributed by atoms with Gasteiger partial charge in [0.05, 0.1) is 13.2 Å². The molecule has 1 unspecified atom stereocenters. The van der Waals surface area contributed by atoms with Gasteiger partial charge < -0.3 is 24.7 Å². The van der Waals surface area contributed by atoms with E-state index in [4.69, 9.17) is 24.7 Å². The van der Waals surface area contributed by atoms with Gasteiger partial charge >= 0.3 is 0 Å². The predicted molar refractivity (Wildman–Crippen MR) is 67.1 cm³/mol. The number of hydrogen-bond acceptors (Lipinski definition) is 5. The molecule has 0 spiro atoms. The van der Waals surface area contributed by atoms with Crippen LogP contribution in [0.1, 0.15) is 13.3 Å². The first kappa shape index (κ1) is 13.0. The highest BCUT2D eigenvalue weighted by molar-refractivity contribution is 5.46. The molecule has 1 aromatic carbocycles. The van der Waals surface area contributed by atoms with Crippen molar-refractivity contribution in [3.63, 3.8) is 0 Å². The number of benzene rings is 1. The Bertz CT molecular complexity index is 383. The van der Waals surface area contributed by atoms with Crippen LogP contribution in [0.2, 0.25) is 0 Å². The van der Waals surface area contributed by atoms with Crippen LogP contribution < -0.4 is 19.9 Å². The molecule has 0 saturated carbocycles. The van der Waals surface area contributed by atoms with Crippen LogP contribution >= 0.6 is 0 Å². The van der Waals surface area contributed by atoms with Crippen LogP contribution in [0.25, 0.3) is 0 Å². The smallest absolute Gasteiger partial charge is 0.231 e. The largest absolute Gasteiger partial charge is 0.491 e. The lowest BCUT2D eigenvalue weighted by Crippen LogP contribution is -2.26. The van der Waals surface area contributed by atoms with Crippen molar-refractivity contribution in [3.8, 4) is 17.2 Å². The molecule has 2 rings (SSSR count). The molecule has 5 nitrogen and oxygen atoms in total. The van der Waals surface area contributed by atoms with Crippen molar-refractivity contribution in [1.82, 2.24) is 0 Å². The van der Waals surface area contributed by atoms with E-state index >= 15 is 0 Å². The molecule has 0 bridgehead atoms. The van der Waals surface area contributed by atoms with Gasteiger partial charge in [0.2, 0.25) is 6.79 Å². The van der Waals surface area contributed by atoms with Crippen molar-refractivity contribution in [2.75, 3.05) is 26.6 Å². The predicted octanol–water partition coefficient (Wildman–Crippen LogP) is 1.55. The monoisotopic (exact) mass is 253 g/mol. The van der Waals surface area contributed by atoms with Crippen LogP contribution in [0.15, 0.2) is 18.2 Å². The van der Waals surface area contributed by atoms with E-state index < -0.39 is 0 Å². The number of ether oxygens (including phenoxy) is 4. The Morgan fingerprint density at radius 1 is 1.28 bits per heavy atom. The summed E-state index contributed by atoms with van der Waals surface area (Å²) < 4.78 is 21.4. The first-order valence-electron chi connectivity index (χ1n) is 6.15. The van der Waals surface area contributed by atoms with Gasteiger partial charge in [-0.3, -0.25) is 0 Å². The van der Waals surface area contributed by atoms with Gasteiger partial charge in [-0.25, -0.2) is 0 Å². The van der Waals surface area contributed by atoms with Gasteiger partial charge in [0, 0.05) is 12.1 Å². The van der Waals surface area contributed by atoms with Gasteiger partial charge in [-0.05, 0) is 18.6 Å². The summed E-state index contributed by atoms with van der Waals surface area (Å²) in [5.41, 5.74) is 5.73. The normalized spacial score (nSPS) is 14.6. The summed E-state index contributed by atoms with van der Waals surface area (Å²) in [5.74, 6) is 2.23. The van der Waals surface area contributed by atoms with E-state index in [1.807, 2.05) is 25.1 Å². The fraction of sp³-hybridized carbons (Fsp3) is 0.538. The second kappa shape index (κ2) is 6.47. The molecular weight excluding hydrogens is 234 g/mol. The van der Waals surface area contributed by atoms with Gasteiger partial charge in [0.15, 0.2) is 11.5 Å². The highest BCUT2D eigenvalue weighted by atomic mass is 16.7. The van der Waals surface area contributed by atoms with Crippen molar-refractivity contribution < 1.29 is 18.9 Å². The molecule has 2 N–H and O–H groups in total. The Morgan fingerprint density at radius 3 is 2.94 bits per heavy atom. The number of fused-ring (bicyclic) bond motifs is 1. The standard InChI is InChI=1S/C13H19NO4/c1-2-10(14)8-15-5-6-16-11-3-4-12-13(7-11)18-9-17-12/h3-4,7,10H,2,5-6,8-9,14H2,1H3. The topological polar surface area (TPSA) is 62.9 Å². The third-order valence-corrected chi connectivity index (χ3v) is 2.70. The third kappa shape index (κ3) is 3.51. The lowest BCUT2D eigenvalue weighted by Gasteiger charge is -2.10. The van der Waals surface area contributed by atoms with Crippen LogP contribution in [0.5, 0.6) is 17.2 Å². The Hall–Kier alpha value is -1.46. The minimum absolute atomic E-state index is 0.107. The summed E-state index contributed by atoms with van der Waals surface area (Å²) in [6, 6.07) is 5.62. The molecule has 1 aliphatic heterocycles. The minimum Gasteiger partial charge on any atom is -0.491 e. The average molecular weight is 253 g/mol. The van der Waals surface area contributed by atoms with Gasteiger partial charge in [-0.15, -0.1) is 0 Å². The zero-order chi connectivity index (χ0) is 12.8. The molecular formula is C13H19NO4. The van der Waals surface area contributed by atoms with E-state index in [1.165, 1.54) is 0 Å². The SMILES string of the molecule is CCC(N)COCCOc1ccc2c(c1)OCO2. The quantitative estimate of drug-likeness (QED) is 0.747. The fourth-order valence-corrected chi connectivity index (χ4v) is 1.54. The molecule has 1 atom stereocenters. The maximum atomic E-state index is 5.73. The molecule has 0 fully saturated rings. The van der Waals surface area contributed by atoms with Crippen molar-refractivity contribution in [2.45, 2.75) is 19.4 Å². The Labute approximate surface area is 107 Å². The highest BCUT2D eigenvalue weighted by Gasteiger charge is 2.13. The maximum Gasteiger partial charge on any atom is 0.231 e. The van der Waals surface area contributed by atoms with Crippen LogP contribution in [0, 0.1) is 0 Å². The zero-order valence-corrected chi connectivity index (χ0v) is 10.6. The Balaban J connectivity index is 1.68. The van der Waals surface area contributed by atoms with E-state index in [2.05, 4.69) is 0 Å². The number of rotatable bonds is 7. The Kier molecular flexibility index (Phi) is 4.66. The summed E-state index contributed by atoms with van der Waals surface area (Å²) in [7, 11) is 0. The summed E-state index contributed by atoms with van der Waals surface area (Å²) >= 11 is 0. The van der Waals surface area contributed by atoms with Crippen molar-refractivity contribution in [1.29, 1.82) is 0 Å². The molecule has 0 radical (unpaired) electrons. The average Bonchev–Trinajstić information content (AvgIpc) is 2.85. The molecule has 18 heavy (non-hydrogen) atoms. The molecule has 1 aromatic rings. The summed E-state index contributed by atoms with van der Waals surface area (Å²) in [5, 5.41) is 0. The van der Waals surface area contributed by atoms with E-state index in [9.17, 15) is 0 Å². The molecule has 0 aliphatic carbocycles. The second-order valence-corrected chi connectivity index (χ2v) is 4.11. The van der Waals surface area contributed by atoms with Gasteiger partial charge in [-0.1, -0.05) is 6.92 Å². The van der Waals surface area contributed by atoms with E-state index in [0.29, 0.717) is 19.8 Å². The van der Waals surface area contributed by atoms with Gasteiger partial charge in [-0.2, -0.15) is 0 Å². The van der Waals surface area contributed by atoms with Crippen molar-refractivity contribution in [2.24, 2.45) is 5.73 Å².